The van der Waals surface area contributed by atoms with Gasteiger partial charge in [0.15, 0.2) is 0 Å². The molecule has 1 N–H and O–H groups in total. The fourth-order valence-electron chi connectivity index (χ4n) is 2.71. The van der Waals surface area contributed by atoms with Crippen LogP contribution in [0.1, 0.15) is 31.2 Å². The van der Waals surface area contributed by atoms with Crippen LogP contribution < -0.4 is 4.72 Å². The number of nitrogens with one attached hydrogen (secondary N) is 1. The highest BCUT2D eigenvalue weighted by Gasteiger charge is 2.25. The Hall–Kier alpha value is -0.960. The van der Waals surface area contributed by atoms with Crippen molar-refractivity contribution < 1.29 is 21.0 Å². The van der Waals surface area contributed by atoms with Crippen LogP contribution in [0.4, 0.5) is 0 Å². The summed E-state index contributed by atoms with van der Waals surface area (Å²) in [5, 5.41) is 0. The van der Waals surface area contributed by atoms with Gasteiger partial charge in [-0.3, -0.25) is 4.18 Å². The lowest BCUT2D eigenvalue weighted by atomic mass is 9.87. The maximum Gasteiger partial charge on any atom is 0.296 e. The zero-order chi connectivity index (χ0) is 17.1. The van der Waals surface area contributed by atoms with Crippen LogP contribution in [0.25, 0.3) is 0 Å². The standard InChI is InChI=1S/C15H23NO5S2/c1-12-3-9-15(10-4-12)23(19,20)21-11-13-5-7-14(8-6-13)16-22(2,17)18/h3-4,9-10,13-14,16H,5-8,11H2,1-2H3. The molecule has 0 heterocycles. The Morgan fingerprint density at radius 2 is 1.61 bits per heavy atom. The van der Waals surface area contributed by atoms with Gasteiger partial charge in [0.1, 0.15) is 0 Å². The van der Waals surface area contributed by atoms with Gasteiger partial charge < -0.3 is 0 Å². The molecule has 0 aromatic heterocycles. The van der Waals surface area contributed by atoms with E-state index < -0.39 is 20.1 Å². The molecule has 0 saturated heterocycles. The lowest BCUT2D eigenvalue weighted by Gasteiger charge is -2.28. The Morgan fingerprint density at radius 1 is 1.04 bits per heavy atom. The van der Waals surface area contributed by atoms with E-state index in [1.54, 1.807) is 12.1 Å². The molecule has 2 rings (SSSR count). The summed E-state index contributed by atoms with van der Waals surface area (Å²) in [4.78, 5) is 0.163. The van der Waals surface area contributed by atoms with E-state index >= 15 is 0 Å². The number of sulfonamides is 1. The molecule has 8 heteroatoms. The fraction of sp³-hybridized carbons (Fsp3) is 0.600. The topological polar surface area (TPSA) is 89.5 Å². The lowest BCUT2D eigenvalue weighted by molar-refractivity contribution is 0.202. The molecule has 0 bridgehead atoms. The van der Waals surface area contributed by atoms with Crippen molar-refractivity contribution in [3.8, 4) is 0 Å². The summed E-state index contributed by atoms with van der Waals surface area (Å²) >= 11 is 0. The second kappa shape index (κ2) is 7.29. The average molecular weight is 361 g/mol. The van der Waals surface area contributed by atoms with E-state index in [9.17, 15) is 16.8 Å². The van der Waals surface area contributed by atoms with E-state index in [1.165, 1.54) is 12.1 Å². The Balaban J connectivity index is 1.84. The summed E-state index contributed by atoms with van der Waals surface area (Å²) in [5.41, 5.74) is 0.987. The number of benzene rings is 1. The summed E-state index contributed by atoms with van der Waals surface area (Å²) in [5.74, 6) is 0.132. The van der Waals surface area contributed by atoms with Crippen LogP contribution in [0.15, 0.2) is 29.2 Å². The van der Waals surface area contributed by atoms with E-state index in [0.717, 1.165) is 24.7 Å². The molecule has 1 aliphatic rings. The van der Waals surface area contributed by atoms with Gasteiger partial charge in [-0.15, -0.1) is 0 Å². The minimum Gasteiger partial charge on any atom is -0.266 e. The Kier molecular flexibility index (Phi) is 5.83. The van der Waals surface area contributed by atoms with Crippen LogP contribution in [-0.2, 0) is 24.3 Å². The van der Waals surface area contributed by atoms with Gasteiger partial charge in [-0.2, -0.15) is 8.42 Å². The zero-order valence-electron chi connectivity index (χ0n) is 13.4. The second-order valence-electron chi connectivity index (χ2n) is 6.16. The first-order chi connectivity index (χ1) is 10.7. The van der Waals surface area contributed by atoms with Crippen molar-refractivity contribution in [1.29, 1.82) is 0 Å². The van der Waals surface area contributed by atoms with Gasteiger partial charge >= 0.3 is 0 Å². The molecule has 0 atom stereocenters. The Bertz CT molecular complexity index is 718. The van der Waals surface area contributed by atoms with Gasteiger partial charge in [0.05, 0.1) is 17.8 Å². The van der Waals surface area contributed by atoms with E-state index in [0.29, 0.717) is 12.8 Å². The summed E-state index contributed by atoms with van der Waals surface area (Å²) in [6, 6.07) is 6.49. The summed E-state index contributed by atoms with van der Waals surface area (Å²) in [7, 11) is -6.92. The number of hydrogen-bond acceptors (Lipinski definition) is 5. The van der Waals surface area contributed by atoms with Gasteiger partial charge in [0.2, 0.25) is 10.0 Å². The lowest BCUT2D eigenvalue weighted by Crippen LogP contribution is -2.37. The average Bonchev–Trinajstić information content (AvgIpc) is 2.45. The van der Waals surface area contributed by atoms with Crippen molar-refractivity contribution >= 4 is 20.1 Å². The van der Waals surface area contributed by atoms with Crippen molar-refractivity contribution in [2.75, 3.05) is 12.9 Å². The quantitative estimate of drug-likeness (QED) is 0.781. The number of aryl methyl sites for hydroxylation is 1. The van der Waals surface area contributed by atoms with E-state index in [1.807, 2.05) is 6.92 Å². The maximum atomic E-state index is 12.1. The first-order valence-corrected chi connectivity index (χ1v) is 10.9. The minimum atomic E-state index is -3.73. The number of rotatable bonds is 6. The normalized spacial score (nSPS) is 22.9. The van der Waals surface area contributed by atoms with E-state index in [2.05, 4.69) is 4.72 Å². The number of hydrogen-bond donors (Lipinski definition) is 1. The predicted molar refractivity (Wildman–Crippen MR) is 88.0 cm³/mol. The molecule has 1 aromatic rings. The van der Waals surface area contributed by atoms with Crippen LogP contribution in [-0.4, -0.2) is 35.7 Å². The molecule has 0 amide bonds. The fourth-order valence-corrected chi connectivity index (χ4v) is 4.53. The highest BCUT2D eigenvalue weighted by molar-refractivity contribution is 7.88. The molecule has 1 saturated carbocycles. The highest BCUT2D eigenvalue weighted by Crippen LogP contribution is 2.26. The Labute approximate surface area is 138 Å². The second-order valence-corrected chi connectivity index (χ2v) is 9.55. The van der Waals surface area contributed by atoms with Crippen molar-refractivity contribution in [1.82, 2.24) is 4.72 Å². The van der Waals surface area contributed by atoms with Gasteiger partial charge in [0, 0.05) is 6.04 Å². The van der Waals surface area contributed by atoms with Crippen molar-refractivity contribution in [2.24, 2.45) is 5.92 Å². The molecule has 0 unspecified atom stereocenters. The molecule has 0 aliphatic heterocycles. The molecule has 1 aliphatic carbocycles. The maximum absolute atomic E-state index is 12.1. The largest absolute Gasteiger partial charge is 0.296 e. The third-order valence-corrected chi connectivity index (χ3v) is 6.05. The molecule has 0 spiro atoms. The summed E-state index contributed by atoms with van der Waals surface area (Å²) < 4.78 is 54.4. The van der Waals surface area contributed by atoms with Gasteiger partial charge in [-0.25, -0.2) is 13.1 Å². The van der Waals surface area contributed by atoms with Crippen molar-refractivity contribution in [3.63, 3.8) is 0 Å². The van der Waals surface area contributed by atoms with Crippen LogP contribution in [0.3, 0.4) is 0 Å². The predicted octanol–water partition coefficient (Wildman–Crippen LogP) is 1.81. The monoisotopic (exact) mass is 361 g/mol. The van der Waals surface area contributed by atoms with Crippen LogP contribution in [0, 0.1) is 12.8 Å². The first-order valence-electron chi connectivity index (χ1n) is 7.59. The van der Waals surface area contributed by atoms with E-state index in [4.69, 9.17) is 4.18 Å². The highest BCUT2D eigenvalue weighted by atomic mass is 32.2. The summed E-state index contributed by atoms with van der Waals surface area (Å²) in [6.45, 7) is 2.03. The molecule has 23 heavy (non-hydrogen) atoms. The van der Waals surface area contributed by atoms with E-state index in [-0.39, 0.29) is 23.5 Å². The third kappa shape index (κ3) is 5.87. The molecular weight excluding hydrogens is 338 g/mol. The van der Waals surface area contributed by atoms with Crippen molar-refractivity contribution in [2.45, 2.75) is 43.5 Å². The summed E-state index contributed by atoms with van der Waals surface area (Å²) in [6.07, 6.45) is 4.04. The molecule has 1 aromatic carbocycles. The minimum absolute atomic E-state index is 0.0602. The van der Waals surface area contributed by atoms with Crippen LogP contribution >= 0.6 is 0 Å². The SMILES string of the molecule is Cc1ccc(S(=O)(=O)OCC2CCC(NS(C)(=O)=O)CC2)cc1. The van der Waals surface area contributed by atoms with Gasteiger partial charge in [-0.05, 0) is 50.7 Å². The van der Waals surface area contributed by atoms with Gasteiger partial charge in [0.25, 0.3) is 10.1 Å². The molecule has 130 valence electrons. The smallest absolute Gasteiger partial charge is 0.266 e. The van der Waals surface area contributed by atoms with Crippen LogP contribution in [0.2, 0.25) is 0 Å². The van der Waals surface area contributed by atoms with Crippen molar-refractivity contribution in [3.05, 3.63) is 29.8 Å². The Morgan fingerprint density at radius 3 is 2.13 bits per heavy atom. The molecular formula is C15H23NO5S2. The third-order valence-electron chi connectivity index (χ3n) is 4.00. The van der Waals surface area contributed by atoms with Crippen LogP contribution in [0.5, 0.6) is 0 Å². The molecule has 0 radical (unpaired) electrons. The molecule has 6 nitrogen and oxygen atoms in total. The zero-order valence-corrected chi connectivity index (χ0v) is 15.0. The first kappa shape index (κ1) is 18.4. The molecule has 1 fully saturated rings. The van der Waals surface area contributed by atoms with Gasteiger partial charge in [-0.1, -0.05) is 17.7 Å².